The van der Waals surface area contributed by atoms with E-state index >= 15 is 0 Å². The fourth-order valence-electron chi connectivity index (χ4n) is 2.00. The van der Waals surface area contributed by atoms with Crippen molar-refractivity contribution in [2.75, 3.05) is 26.4 Å². The van der Waals surface area contributed by atoms with Gasteiger partial charge in [-0.15, -0.1) is 0 Å². The fraction of sp³-hybridized carbons (Fsp3) is 0.647. The molecule has 5 heteroatoms. The molecule has 2 N–H and O–H groups in total. The Morgan fingerprint density at radius 1 is 0.864 bits per heavy atom. The van der Waals surface area contributed by atoms with Gasteiger partial charge in [-0.2, -0.15) is 13.5 Å². The van der Waals surface area contributed by atoms with Gasteiger partial charge in [0, 0.05) is 13.2 Å². The zero-order valence-corrected chi connectivity index (χ0v) is 14.2. The van der Waals surface area contributed by atoms with E-state index in [4.69, 9.17) is 14.6 Å². The van der Waals surface area contributed by atoms with Crippen molar-refractivity contribution in [2.45, 2.75) is 44.8 Å². The molecular weight excluding hydrogens is 300 g/mol. The number of hydrogen-bond donors (Lipinski definition) is 2. The molecule has 1 aromatic carbocycles. The maximum Gasteiger partial charge on any atom is 0.101 e. The summed E-state index contributed by atoms with van der Waals surface area (Å²) < 4.78 is 10.9. The molecule has 1 aromatic rings. The summed E-state index contributed by atoms with van der Waals surface area (Å²) in [6.07, 6.45) is 4.64. The first kappa shape index (κ1) is 21.4. The summed E-state index contributed by atoms with van der Waals surface area (Å²) >= 11 is 0. The molecule has 0 aliphatic heterocycles. The number of rotatable bonds is 13. The smallest absolute Gasteiger partial charge is 0.101 e. The lowest BCUT2D eigenvalue weighted by atomic mass is 10.1. The van der Waals surface area contributed by atoms with Crippen LogP contribution in [0, 0.1) is 0 Å². The normalized spacial score (nSPS) is 11.9. The highest BCUT2D eigenvalue weighted by Gasteiger charge is 2.04. The first-order valence-electron chi connectivity index (χ1n) is 7.81. The van der Waals surface area contributed by atoms with E-state index in [1.54, 1.807) is 0 Å². The number of hydrogen-bond acceptors (Lipinski definition) is 4. The highest BCUT2D eigenvalue weighted by Crippen LogP contribution is 2.03. The Balaban J connectivity index is 0.00000441. The van der Waals surface area contributed by atoms with Crippen LogP contribution in [0.25, 0.3) is 0 Å². The third-order valence-corrected chi connectivity index (χ3v) is 3.18. The van der Waals surface area contributed by atoms with Gasteiger partial charge in [0.1, 0.15) is 6.10 Å². The van der Waals surface area contributed by atoms with Crippen molar-refractivity contribution in [1.29, 1.82) is 0 Å². The molecule has 0 fully saturated rings. The number of unbranched alkanes of at least 4 members (excludes halogenated alkanes) is 4. The van der Waals surface area contributed by atoms with Crippen molar-refractivity contribution in [3.05, 3.63) is 35.9 Å². The van der Waals surface area contributed by atoms with E-state index < -0.39 is 6.10 Å². The average molecular weight is 330 g/mol. The van der Waals surface area contributed by atoms with Crippen molar-refractivity contribution < 1.29 is 19.7 Å². The molecule has 0 heterocycles. The van der Waals surface area contributed by atoms with Gasteiger partial charge < -0.3 is 19.7 Å². The number of aliphatic hydroxyl groups excluding tert-OH is 2. The summed E-state index contributed by atoms with van der Waals surface area (Å²) in [4.78, 5) is 0. The third-order valence-electron chi connectivity index (χ3n) is 3.18. The van der Waals surface area contributed by atoms with Crippen molar-refractivity contribution >= 4 is 13.5 Å². The van der Waals surface area contributed by atoms with Crippen LogP contribution < -0.4 is 0 Å². The summed E-state index contributed by atoms with van der Waals surface area (Å²) in [5.41, 5.74) is 1.11. The molecule has 0 bridgehead atoms. The van der Waals surface area contributed by atoms with Gasteiger partial charge in [0.15, 0.2) is 0 Å². The van der Waals surface area contributed by atoms with Gasteiger partial charge in [-0.05, 0) is 18.4 Å². The predicted octanol–water partition coefficient (Wildman–Crippen LogP) is 2.64. The Labute approximate surface area is 140 Å². The van der Waals surface area contributed by atoms with Crippen molar-refractivity contribution in [3.63, 3.8) is 0 Å². The summed E-state index contributed by atoms with van der Waals surface area (Å²) in [6.45, 7) is 2.10. The molecular formula is C17H30O4S. The lowest BCUT2D eigenvalue weighted by Crippen LogP contribution is -2.22. The van der Waals surface area contributed by atoms with Crippen LogP contribution >= 0.6 is 13.5 Å². The van der Waals surface area contributed by atoms with Gasteiger partial charge in [-0.25, -0.2) is 0 Å². The number of ether oxygens (including phenoxy) is 2. The molecule has 1 rings (SSSR count). The van der Waals surface area contributed by atoms with Crippen LogP contribution in [0.15, 0.2) is 30.3 Å². The summed E-state index contributed by atoms with van der Waals surface area (Å²) in [7, 11) is 0. The van der Waals surface area contributed by atoms with Gasteiger partial charge >= 0.3 is 0 Å². The lowest BCUT2D eigenvalue weighted by molar-refractivity contribution is -0.0239. The van der Waals surface area contributed by atoms with Gasteiger partial charge in [0.2, 0.25) is 0 Å². The molecule has 0 unspecified atom stereocenters. The maximum absolute atomic E-state index is 9.72. The van der Waals surface area contributed by atoms with Crippen molar-refractivity contribution in [1.82, 2.24) is 0 Å². The van der Waals surface area contributed by atoms with Crippen molar-refractivity contribution in [3.8, 4) is 0 Å². The Hall–Kier alpha value is -0.590. The molecule has 0 spiro atoms. The maximum atomic E-state index is 9.72. The highest BCUT2D eigenvalue weighted by atomic mass is 32.1. The van der Waals surface area contributed by atoms with Gasteiger partial charge in [0.25, 0.3) is 0 Å². The van der Waals surface area contributed by atoms with Crippen molar-refractivity contribution in [2.24, 2.45) is 0 Å². The van der Waals surface area contributed by atoms with Crippen LogP contribution in [-0.4, -0.2) is 42.7 Å². The van der Waals surface area contributed by atoms with Crippen LogP contribution in [-0.2, 0) is 16.1 Å². The molecule has 0 amide bonds. The van der Waals surface area contributed by atoms with E-state index in [0.29, 0.717) is 26.4 Å². The molecule has 0 aliphatic rings. The number of benzene rings is 1. The molecule has 22 heavy (non-hydrogen) atoms. The monoisotopic (exact) mass is 330 g/mol. The molecule has 0 aliphatic carbocycles. The largest absolute Gasteiger partial charge is 0.396 e. The zero-order chi connectivity index (χ0) is 15.2. The van der Waals surface area contributed by atoms with Crippen LogP contribution in [0.3, 0.4) is 0 Å². The van der Waals surface area contributed by atoms with E-state index in [-0.39, 0.29) is 20.1 Å². The Kier molecular flexibility index (Phi) is 14.9. The molecule has 4 nitrogen and oxygen atoms in total. The molecule has 1 atom stereocenters. The summed E-state index contributed by atoms with van der Waals surface area (Å²) in [5, 5.41) is 18.4. The Morgan fingerprint density at radius 3 is 2.23 bits per heavy atom. The van der Waals surface area contributed by atoms with E-state index in [2.05, 4.69) is 0 Å². The van der Waals surface area contributed by atoms with E-state index in [1.165, 1.54) is 0 Å². The zero-order valence-electron chi connectivity index (χ0n) is 13.2. The number of aliphatic hydroxyl groups is 2. The molecule has 0 saturated carbocycles. The van der Waals surface area contributed by atoms with Crippen LogP contribution in [0.5, 0.6) is 0 Å². The van der Waals surface area contributed by atoms with Gasteiger partial charge in [0.05, 0.1) is 19.8 Å². The van der Waals surface area contributed by atoms with E-state index in [0.717, 1.165) is 37.7 Å². The van der Waals surface area contributed by atoms with Crippen LogP contribution in [0.2, 0.25) is 0 Å². The Bertz CT molecular complexity index is 335. The minimum absolute atomic E-state index is 0. The topological polar surface area (TPSA) is 58.9 Å². The van der Waals surface area contributed by atoms with E-state index in [9.17, 15) is 5.11 Å². The fourth-order valence-corrected chi connectivity index (χ4v) is 2.00. The first-order chi connectivity index (χ1) is 10.3. The van der Waals surface area contributed by atoms with E-state index in [1.807, 2.05) is 30.3 Å². The molecule has 0 radical (unpaired) electrons. The second-order valence-electron chi connectivity index (χ2n) is 5.22. The summed E-state index contributed by atoms with van der Waals surface area (Å²) in [6, 6.07) is 9.91. The average Bonchev–Trinajstić information content (AvgIpc) is 2.51. The second kappa shape index (κ2) is 15.3. The molecule has 0 saturated heterocycles. The van der Waals surface area contributed by atoms with Crippen LogP contribution in [0.1, 0.15) is 37.7 Å². The third kappa shape index (κ3) is 12.0. The molecule has 128 valence electrons. The highest BCUT2D eigenvalue weighted by molar-refractivity contribution is 7.59. The predicted molar refractivity (Wildman–Crippen MR) is 93.5 cm³/mol. The Morgan fingerprint density at radius 2 is 1.50 bits per heavy atom. The second-order valence-corrected chi connectivity index (χ2v) is 5.22. The first-order valence-corrected chi connectivity index (χ1v) is 7.81. The summed E-state index contributed by atoms with van der Waals surface area (Å²) in [5.74, 6) is 0. The SMILES string of the molecule is OCCCCCCCOC[C@H](O)COCc1ccccc1.S. The quantitative estimate of drug-likeness (QED) is 0.546. The minimum Gasteiger partial charge on any atom is -0.396 e. The standard InChI is InChI=1S/C17H28O4.H2S/c18-11-7-2-1-3-8-12-20-14-17(19)15-21-13-16-9-5-4-6-10-16;/h4-6,9-10,17-19H,1-3,7-8,11-15H2;1H2/t17-;/m0./s1. The lowest BCUT2D eigenvalue weighted by Gasteiger charge is -2.12. The van der Waals surface area contributed by atoms with Gasteiger partial charge in [-0.1, -0.05) is 49.6 Å². The minimum atomic E-state index is -0.567. The molecule has 0 aromatic heterocycles. The van der Waals surface area contributed by atoms with Gasteiger partial charge in [-0.3, -0.25) is 0 Å². The van der Waals surface area contributed by atoms with Crippen LogP contribution in [0.4, 0.5) is 0 Å².